The first-order valence-electron chi connectivity index (χ1n) is 6.34. The first-order chi connectivity index (χ1) is 8.97. The molecule has 1 atom stereocenters. The van der Waals surface area contributed by atoms with Gasteiger partial charge in [0.25, 0.3) is 0 Å². The highest BCUT2D eigenvalue weighted by Gasteiger charge is 2.18. The van der Waals surface area contributed by atoms with Gasteiger partial charge in [0.1, 0.15) is 6.04 Å². The minimum absolute atomic E-state index is 0.0613. The van der Waals surface area contributed by atoms with Crippen molar-refractivity contribution in [2.45, 2.75) is 45.1 Å². The Hall–Kier alpha value is -1.24. The average molecular weight is 290 g/mol. The number of aliphatic carboxylic acids is 1. The molecule has 0 aromatic heterocycles. The van der Waals surface area contributed by atoms with Gasteiger partial charge in [-0.25, -0.2) is 4.79 Å². The molecule has 0 radical (unpaired) electrons. The van der Waals surface area contributed by atoms with Crippen LogP contribution >= 0.6 is 12.6 Å². The molecule has 0 aliphatic carbocycles. The van der Waals surface area contributed by atoms with Crippen molar-refractivity contribution in [1.82, 2.24) is 10.6 Å². The second kappa shape index (κ2) is 10.7. The lowest BCUT2D eigenvalue weighted by atomic mass is 10.1. The molecule has 1 unspecified atom stereocenters. The van der Waals surface area contributed by atoms with Gasteiger partial charge in [-0.15, -0.1) is 0 Å². The molecule has 2 amide bonds. The van der Waals surface area contributed by atoms with E-state index in [-0.39, 0.29) is 11.8 Å². The van der Waals surface area contributed by atoms with E-state index in [4.69, 9.17) is 5.11 Å². The van der Waals surface area contributed by atoms with Crippen molar-refractivity contribution in [3.63, 3.8) is 0 Å². The van der Waals surface area contributed by atoms with E-state index in [1.807, 2.05) is 0 Å². The lowest BCUT2D eigenvalue weighted by Gasteiger charge is -2.13. The van der Waals surface area contributed by atoms with Gasteiger partial charge in [-0.3, -0.25) is 9.59 Å². The van der Waals surface area contributed by atoms with Crippen molar-refractivity contribution in [2.24, 2.45) is 0 Å². The molecule has 0 rings (SSSR count). The standard InChI is InChI=1S/C12H22N2O4S/c1-9(15)13-7-4-2-3-5-11(16)14-10(6-8-19)12(17)18/h10,19H,2-8H2,1H3,(H,13,15)(H,14,16)(H,17,18). The summed E-state index contributed by atoms with van der Waals surface area (Å²) in [7, 11) is 0. The summed E-state index contributed by atoms with van der Waals surface area (Å²) in [6.45, 7) is 2.06. The summed E-state index contributed by atoms with van der Waals surface area (Å²) < 4.78 is 0. The number of carboxylic acid groups (broad SMARTS) is 1. The molecule has 0 saturated carbocycles. The maximum atomic E-state index is 11.5. The van der Waals surface area contributed by atoms with Crippen LogP contribution in [0, 0.1) is 0 Å². The van der Waals surface area contributed by atoms with Gasteiger partial charge in [-0.1, -0.05) is 6.42 Å². The molecule has 0 aromatic carbocycles. The highest BCUT2D eigenvalue weighted by atomic mass is 32.1. The normalized spacial score (nSPS) is 11.7. The van der Waals surface area contributed by atoms with Crippen molar-refractivity contribution >= 4 is 30.4 Å². The third-order valence-corrected chi connectivity index (χ3v) is 2.76. The quantitative estimate of drug-likeness (QED) is 0.349. The number of carbonyl (C=O) groups is 3. The Kier molecular flexibility index (Phi) is 9.97. The van der Waals surface area contributed by atoms with Crippen molar-refractivity contribution in [1.29, 1.82) is 0 Å². The molecule has 0 heterocycles. The molecule has 6 nitrogen and oxygen atoms in total. The van der Waals surface area contributed by atoms with Gasteiger partial charge in [0, 0.05) is 19.9 Å². The van der Waals surface area contributed by atoms with E-state index >= 15 is 0 Å². The number of unbranched alkanes of at least 4 members (excludes halogenated alkanes) is 2. The molecule has 0 spiro atoms. The van der Waals surface area contributed by atoms with Gasteiger partial charge in [-0.05, 0) is 25.0 Å². The summed E-state index contributed by atoms with van der Waals surface area (Å²) in [5.41, 5.74) is 0. The van der Waals surface area contributed by atoms with Gasteiger partial charge in [0.05, 0.1) is 0 Å². The van der Waals surface area contributed by atoms with E-state index < -0.39 is 12.0 Å². The Labute approximate surface area is 118 Å². The fourth-order valence-electron chi connectivity index (χ4n) is 1.50. The van der Waals surface area contributed by atoms with Crippen molar-refractivity contribution < 1.29 is 19.5 Å². The predicted molar refractivity (Wildman–Crippen MR) is 75.2 cm³/mol. The smallest absolute Gasteiger partial charge is 0.326 e. The van der Waals surface area contributed by atoms with E-state index in [0.29, 0.717) is 31.6 Å². The third-order valence-electron chi connectivity index (χ3n) is 2.51. The van der Waals surface area contributed by atoms with Crippen LogP contribution in [0.3, 0.4) is 0 Å². The van der Waals surface area contributed by atoms with Gasteiger partial charge in [0.2, 0.25) is 11.8 Å². The zero-order valence-corrected chi connectivity index (χ0v) is 12.0. The Balaban J connectivity index is 3.68. The second-order valence-corrected chi connectivity index (χ2v) is 4.71. The largest absolute Gasteiger partial charge is 0.480 e. The van der Waals surface area contributed by atoms with E-state index in [1.54, 1.807) is 0 Å². The monoisotopic (exact) mass is 290 g/mol. The van der Waals surface area contributed by atoms with Crippen LogP contribution in [0.5, 0.6) is 0 Å². The zero-order chi connectivity index (χ0) is 14.7. The minimum Gasteiger partial charge on any atom is -0.480 e. The van der Waals surface area contributed by atoms with Crippen molar-refractivity contribution in [2.75, 3.05) is 12.3 Å². The van der Waals surface area contributed by atoms with Crippen LogP contribution < -0.4 is 10.6 Å². The topological polar surface area (TPSA) is 95.5 Å². The average Bonchev–Trinajstić information content (AvgIpc) is 2.32. The van der Waals surface area contributed by atoms with Gasteiger partial charge in [-0.2, -0.15) is 12.6 Å². The predicted octanol–water partition coefficient (Wildman–Crippen LogP) is 0.572. The fraction of sp³-hybridized carbons (Fsp3) is 0.750. The molecule has 3 N–H and O–H groups in total. The first-order valence-corrected chi connectivity index (χ1v) is 6.98. The fourth-order valence-corrected chi connectivity index (χ4v) is 1.76. The Bertz CT molecular complexity index is 310. The SMILES string of the molecule is CC(=O)NCCCCCC(=O)NC(CCS)C(=O)O. The highest BCUT2D eigenvalue weighted by molar-refractivity contribution is 7.80. The molecule has 0 aromatic rings. The number of rotatable bonds is 10. The lowest BCUT2D eigenvalue weighted by molar-refractivity contribution is -0.141. The summed E-state index contributed by atoms with van der Waals surface area (Å²) in [5.74, 6) is -0.941. The maximum Gasteiger partial charge on any atom is 0.326 e. The number of carboxylic acids is 1. The number of amides is 2. The van der Waals surface area contributed by atoms with E-state index in [0.717, 1.165) is 12.8 Å². The Morgan fingerprint density at radius 3 is 2.42 bits per heavy atom. The van der Waals surface area contributed by atoms with E-state index in [2.05, 4.69) is 23.3 Å². The van der Waals surface area contributed by atoms with Gasteiger partial charge in [0.15, 0.2) is 0 Å². The molecule has 0 aliphatic rings. The summed E-state index contributed by atoms with van der Waals surface area (Å²) in [4.78, 5) is 32.9. The van der Waals surface area contributed by atoms with Crippen LogP contribution in [0.15, 0.2) is 0 Å². The Morgan fingerprint density at radius 1 is 1.21 bits per heavy atom. The molecule has 0 aliphatic heterocycles. The number of hydrogen-bond acceptors (Lipinski definition) is 4. The maximum absolute atomic E-state index is 11.5. The third kappa shape index (κ3) is 10.4. The molecule has 0 saturated heterocycles. The number of nitrogens with one attached hydrogen (secondary N) is 2. The van der Waals surface area contributed by atoms with Crippen LogP contribution in [-0.4, -0.2) is 41.2 Å². The van der Waals surface area contributed by atoms with Crippen LogP contribution in [0.4, 0.5) is 0 Å². The summed E-state index contributed by atoms with van der Waals surface area (Å²) in [6.07, 6.45) is 2.92. The van der Waals surface area contributed by atoms with Crippen LogP contribution in [-0.2, 0) is 14.4 Å². The number of thiol groups is 1. The molecule has 7 heteroatoms. The van der Waals surface area contributed by atoms with Crippen LogP contribution in [0.1, 0.15) is 39.0 Å². The minimum atomic E-state index is -1.03. The highest BCUT2D eigenvalue weighted by Crippen LogP contribution is 2.01. The van der Waals surface area contributed by atoms with Gasteiger partial charge >= 0.3 is 5.97 Å². The lowest BCUT2D eigenvalue weighted by Crippen LogP contribution is -2.40. The summed E-state index contributed by atoms with van der Waals surface area (Å²) in [5, 5.41) is 14.0. The van der Waals surface area contributed by atoms with E-state index in [9.17, 15) is 14.4 Å². The van der Waals surface area contributed by atoms with Crippen molar-refractivity contribution in [3.05, 3.63) is 0 Å². The van der Waals surface area contributed by atoms with Crippen molar-refractivity contribution in [3.8, 4) is 0 Å². The second-order valence-electron chi connectivity index (χ2n) is 4.26. The number of hydrogen-bond donors (Lipinski definition) is 4. The summed E-state index contributed by atoms with van der Waals surface area (Å²) >= 11 is 3.95. The molecule has 19 heavy (non-hydrogen) atoms. The molecule has 0 fully saturated rings. The molecular weight excluding hydrogens is 268 g/mol. The first kappa shape index (κ1) is 17.8. The van der Waals surface area contributed by atoms with Crippen LogP contribution in [0.2, 0.25) is 0 Å². The molecular formula is C12H22N2O4S. The summed E-state index contributed by atoms with van der Waals surface area (Å²) in [6, 6.07) is -0.857. The van der Waals surface area contributed by atoms with Crippen LogP contribution in [0.25, 0.3) is 0 Å². The number of carbonyl (C=O) groups excluding carboxylic acids is 2. The zero-order valence-electron chi connectivity index (χ0n) is 11.1. The molecule has 0 bridgehead atoms. The van der Waals surface area contributed by atoms with E-state index in [1.165, 1.54) is 6.92 Å². The Morgan fingerprint density at radius 2 is 1.89 bits per heavy atom. The van der Waals surface area contributed by atoms with Gasteiger partial charge < -0.3 is 15.7 Å². The molecule has 110 valence electrons.